The first-order chi connectivity index (χ1) is 14.4. The Balaban J connectivity index is 1.74. The first-order valence-electron chi connectivity index (χ1n) is 9.68. The molecular weight excluding hydrogens is 406 g/mol. The highest BCUT2D eigenvalue weighted by atomic mass is 35.5. The van der Waals surface area contributed by atoms with Crippen LogP contribution in [0, 0.1) is 11.3 Å². The highest BCUT2D eigenvalue weighted by Crippen LogP contribution is 2.27. The molecule has 0 spiro atoms. The number of ether oxygens (including phenoxy) is 1. The average molecular weight is 430 g/mol. The van der Waals surface area contributed by atoms with Crippen molar-refractivity contribution in [3.05, 3.63) is 58.1 Å². The van der Waals surface area contributed by atoms with Crippen LogP contribution in [0.15, 0.2) is 36.4 Å². The molecule has 0 heterocycles. The first kappa shape index (κ1) is 21.9. The lowest BCUT2D eigenvalue weighted by Crippen LogP contribution is -2.39. The van der Waals surface area contributed by atoms with E-state index in [9.17, 15) is 20.3 Å². The van der Waals surface area contributed by atoms with Gasteiger partial charge in [0.1, 0.15) is 5.75 Å². The molecule has 7 nitrogen and oxygen atoms in total. The minimum atomic E-state index is -0.799. The summed E-state index contributed by atoms with van der Waals surface area (Å²) in [4.78, 5) is 12.9. The van der Waals surface area contributed by atoms with Crippen molar-refractivity contribution in [1.82, 2.24) is 5.32 Å². The molecule has 0 aliphatic heterocycles. The Hall–Kier alpha value is -2.79. The number of benzene rings is 2. The molecule has 0 saturated heterocycles. The van der Waals surface area contributed by atoms with Gasteiger partial charge in [-0.3, -0.25) is 4.79 Å². The third-order valence-corrected chi connectivity index (χ3v) is 5.50. The van der Waals surface area contributed by atoms with Gasteiger partial charge in [-0.25, -0.2) is 0 Å². The van der Waals surface area contributed by atoms with E-state index < -0.39 is 12.2 Å². The predicted molar refractivity (Wildman–Crippen MR) is 114 cm³/mol. The number of methoxy groups -OCH3 is 1. The zero-order valence-electron chi connectivity index (χ0n) is 16.6. The quantitative estimate of drug-likeness (QED) is 0.561. The van der Waals surface area contributed by atoms with Gasteiger partial charge < -0.3 is 25.6 Å². The fraction of sp³-hybridized carbons (Fsp3) is 0.364. The van der Waals surface area contributed by atoms with Gasteiger partial charge in [0.25, 0.3) is 5.91 Å². The van der Waals surface area contributed by atoms with E-state index in [2.05, 4.69) is 10.6 Å². The highest BCUT2D eigenvalue weighted by molar-refractivity contribution is 6.32. The lowest BCUT2D eigenvalue weighted by atomic mass is 9.90. The first-order valence-corrected chi connectivity index (χ1v) is 10.1. The van der Waals surface area contributed by atoms with Crippen molar-refractivity contribution >= 4 is 23.2 Å². The second-order valence-corrected chi connectivity index (χ2v) is 7.72. The number of aliphatic hydroxyl groups excluding tert-OH is 2. The molecule has 3 rings (SSSR count). The van der Waals surface area contributed by atoms with E-state index >= 15 is 0 Å². The Kier molecular flexibility index (Phi) is 7.16. The van der Waals surface area contributed by atoms with Crippen molar-refractivity contribution in [1.29, 1.82) is 5.26 Å². The maximum Gasteiger partial charge on any atom is 0.253 e. The fourth-order valence-corrected chi connectivity index (χ4v) is 3.79. The van der Waals surface area contributed by atoms with E-state index in [4.69, 9.17) is 16.3 Å². The average Bonchev–Trinajstić information content (AvgIpc) is 2.75. The Morgan fingerprint density at radius 1 is 1.23 bits per heavy atom. The summed E-state index contributed by atoms with van der Waals surface area (Å²) >= 11 is 6.14. The van der Waals surface area contributed by atoms with Gasteiger partial charge in [0, 0.05) is 18.3 Å². The second-order valence-electron chi connectivity index (χ2n) is 7.31. The summed E-state index contributed by atoms with van der Waals surface area (Å²) in [5.41, 5.74) is 2.10. The minimum Gasteiger partial charge on any atom is -0.495 e. The van der Waals surface area contributed by atoms with Gasteiger partial charge >= 0.3 is 0 Å². The summed E-state index contributed by atoms with van der Waals surface area (Å²) < 4.78 is 5.13. The number of carbonyl (C=O) groups excluding carboxylic acids is 1. The number of anilines is 1. The number of hydrogen-bond acceptors (Lipinski definition) is 6. The van der Waals surface area contributed by atoms with E-state index in [1.165, 1.54) is 13.2 Å². The maximum atomic E-state index is 12.9. The van der Waals surface area contributed by atoms with E-state index in [-0.39, 0.29) is 18.5 Å². The molecule has 0 bridgehead atoms. The number of nitrogens with zero attached hydrogens (tertiary/aromatic N) is 1. The molecule has 158 valence electrons. The molecule has 2 aromatic rings. The van der Waals surface area contributed by atoms with Gasteiger partial charge in [-0.15, -0.1) is 0 Å². The molecule has 0 radical (unpaired) electrons. The number of hydrogen-bond donors (Lipinski definition) is 4. The lowest BCUT2D eigenvalue weighted by Gasteiger charge is -2.31. The summed E-state index contributed by atoms with van der Waals surface area (Å²) in [5, 5.41) is 35.4. The third kappa shape index (κ3) is 5.22. The summed E-state index contributed by atoms with van der Waals surface area (Å²) in [6.07, 6.45) is 0.0141. The van der Waals surface area contributed by atoms with Crippen LogP contribution in [0.4, 0.5) is 5.69 Å². The molecule has 1 fully saturated rings. The number of rotatable bonds is 6. The summed E-state index contributed by atoms with van der Waals surface area (Å²) in [6.45, 7) is 0.257. The summed E-state index contributed by atoms with van der Waals surface area (Å²) in [6, 6.07) is 12.1. The van der Waals surface area contributed by atoms with Crippen molar-refractivity contribution < 1.29 is 19.7 Å². The van der Waals surface area contributed by atoms with Gasteiger partial charge in [0.05, 0.1) is 41.5 Å². The number of amides is 1. The molecule has 8 heteroatoms. The molecule has 1 aliphatic carbocycles. The molecule has 0 aromatic heterocycles. The Bertz CT molecular complexity index is 960. The van der Waals surface area contributed by atoms with E-state index in [1.54, 1.807) is 24.3 Å². The zero-order chi connectivity index (χ0) is 21.7. The fourth-order valence-electron chi connectivity index (χ4n) is 3.51. The largest absolute Gasteiger partial charge is 0.495 e. The summed E-state index contributed by atoms with van der Waals surface area (Å²) in [7, 11) is 1.53. The van der Waals surface area contributed by atoms with Crippen LogP contribution >= 0.6 is 11.6 Å². The van der Waals surface area contributed by atoms with Crippen molar-refractivity contribution in [2.75, 3.05) is 12.4 Å². The number of halogens is 1. The van der Waals surface area contributed by atoms with E-state index in [0.717, 1.165) is 5.56 Å². The number of carbonyl (C=O) groups is 1. The van der Waals surface area contributed by atoms with Crippen LogP contribution in [0.2, 0.25) is 5.02 Å². The smallest absolute Gasteiger partial charge is 0.253 e. The van der Waals surface area contributed by atoms with E-state index in [1.807, 2.05) is 12.1 Å². The Morgan fingerprint density at radius 2 is 2.03 bits per heavy atom. The van der Waals surface area contributed by atoms with E-state index in [0.29, 0.717) is 46.8 Å². The van der Waals surface area contributed by atoms with Gasteiger partial charge in [-0.05, 0) is 55.2 Å². The second kappa shape index (κ2) is 9.81. The molecule has 1 saturated carbocycles. The molecule has 1 aliphatic rings. The van der Waals surface area contributed by atoms with Crippen LogP contribution in [0.3, 0.4) is 0 Å². The third-order valence-electron chi connectivity index (χ3n) is 5.20. The van der Waals surface area contributed by atoms with Crippen LogP contribution in [0.25, 0.3) is 0 Å². The van der Waals surface area contributed by atoms with Gasteiger partial charge in [0.15, 0.2) is 0 Å². The molecule has 1 amide bonds. The molecule has 30 heavy (non-hydrogen) atoms. The van der Waals surface area contributed by atoms with Crippen molar-refractivity contribution in [2.24, 2.45) is 0 Å². The van der Waals surface area contributed by atoms with Crippen LogP contribution in [-0.4, -0.2) is 41.5 Å². The van der Waals surface area contributed by atoms with Crippen molar-refractivity contribution in [3.63, 3.8) is 0 Å². The molecule has 1 unspecified atom stereocenters. The summed E-state index contributed by atoms with van der Waals surface area (Å²) in [5.74, 6) is 0.220. The lowest BCUT2D eigenvalue weighted by molar-refractivity contribution is -0.0119. The Morgan fingerprint density at radius 3 is 2.70 bits per heavy atom. The molecular formula is C22H24ClN3O4. The van der Waals surface area contributed by atoms with Crippen LogP contribution in [-0.2, 0) is 6.54 Å². The van der Waals surface area contributed by atoms with Crippen molar-refractivity contribution in [2.45, 2.75) is 44.1 Å². The normalized spacial score (nSPS) is 20.8. The van der Waals surface area contributed by atoms with Gasteiger partial charge in [-0.2, -0.15) is 5.26 Å². The van der Waals surface area contributed by atoms with Crippen molar-refractivity contribution in [3.8, 4) is 11.8 Å². The molecule has 4 N–H and O–H groups in total. The predicted octanol–water partition coefficient (Wildman–Crippen LogP) is 2.84. The van der Waals surface area contributed by atoms with Gasteiger partial charge in [-0.1, -0.05) is 17.7 Å². The zero-order valence-corrected chi connectivity index (χ0v) is 17.3. The van der Waals surface area contributed by atoms with Crippen LogP contribution in [0.5, 0.6) is 5.75 Å². The highest BCUT2D eigenvalue weighted by Gasteiger charge is 2.28. The standard InChI is InChI=1S/C22H24ClN3O4/c1-30-21-7-3-14(9-17(21)23)12-25-22(29)16-8-13(11-24)2-5-18(16)26-15-4-6-19(27)20(28)10-15/h2-3,5,7-9,15,19-20,26-28H,4,6,10,12H2,1H3,(H,25,29)/t15?,19-,20+/m1/s1. The van der Waals surface area contributed by atoms with Crippen LogP contribution in [0.1, 0.15) is 40.7 Å². The minimum absolute atomic E-state index is 0.0803. The van der Waals surface area contributed by atoms with Crippen LogP contribution < -0.4 is 15.4 Å². The molecule has 2 aromatic carbocycles. The van der Waals surface area contributed by atoms with Gasteiger partial charge in [0.2, 0.25) is 0 Å². The Labute approximate surface area is 180 Å². The number of aliphatic hydroxyl groups is 2. The topological polar surface area (TPSA) is 115 Å². The monoisotopic (exact) mass is 429 g/mol. The SMILES string of the molecule is COc1ccc(CNC(=O)c2cc(C#N)ccc2NC2CC[C@@H](O)[C@@H](O)C2)cc1Cl. The molecule has 3 atom stereocenters. The number of nitrogens with one attached hydrogen (secondary N) is 2. The maximum absolute atomic E-state index is 12.9. The number of nitriles is 1.